The molecule has 0 aromatic heterocycles. The van der Waals surface area contributed by atoms with Gasteiger partial charge in [-0.1, -0.05) is 45.0 Å². The van der Waals surface area contributed by atoms with Crippen molar-refractivity contribution in [2.45, 2.75) is 39.3 Å². The van der Waals surface area contributed by atoms with Gasteiger partial charge in [-0.05, 0) is 33.9 Å². The molecule has 3 atom stereocenters. The van der Waals surface area contributed by atoms with Crippen LogP contribution in [0.2, 0.25) is 0 Å². The van der Waals surface area contributed by atoms with Crippen LogP contribution in [0.25, 0.3) is 10.8 Å². The molecule has 0 spiro atoms. The molecule has 21 heavy (non-hydrogen) atoms. The molecule has 0 bridgehead atoms. The normalized spacial score (nSPS) is 20.8. The Morgan fingerprint density at radius 2 is 1.86 bits per heavy atom. The number of carbonyl (C=O) groups excluding carboxylic acids is 1. The van der Waals surface area contributed by atoms with Crippen LogP contribution < -0.4 is 4.74 Å². The first-order valence-electron chi connectivity index (χ1n) is 7.30. The quantitative estimate of drug-likeness (QED) is 0.428. The number of ether oxygens (including phenoxy) is 1. The lowest BCUT2D eigenvalue weighted by atomic mass is 9.76. The minimum Gasteiger partial charge on any atom is -0.426 e. The minimum absolute atomic E-state index is 0.182. The van der Waals surface area contributed by atoms with Crippen LogP contribution in [0.4, 0.5) is 0 Å². The highest BCUT2D eigenvalue weighted by Crippen LogP contribution is 2.57. The molecule has 3 heteroatoms. The van der Waals surface area contributed by atoms with Crippen molar-refractivity contribution >= 4 is 26.0 Å². The van der Waals surface area contributed by atoms with E-state index in [0.29, 0.717) is 17.3 Å². The van der Waals surface area contributed by atoms with Crippen LogP contribution >= 0.6 is 9.24 Å². The first kappa shape index (κ1) is 14.5. The summed E-state index contributed by atoms with van der Waals surface area (Å²) in [6, 6.07) is 10.3. The van der Waals surface area contributed by atoms with E-state index >= 15 is 0 Å². The van der Waals surface area contributed by atoms with E-state index in [-0.39, 0.29) is 11.4 Å². The lowest BCUT2D eigenvalue weighted by Gasteiger charge is -2.32. The SMILES string of the molecule is CC(=O)Oc1ccc2c3c(cccc13)C(P)C2C(C)(C)C. The highest BCUT2D eigenvalue weighted by Gasteiger charge is 2.39. The fraction of sp³-hybridized carbons (Fsp3) is 0.389. The maximum absolute atomic E-state index is 11.3. The number of esters is 1. The van der Waals surface area contributed by atoms with Crippen LogP contribution in [0.1, 0.15) is 50.4 Å². The molecule has 0 radical (unpaired) electrons. The van der Waals surface area contributed by atoms with Gasteiger partial charge in [0.25, 0.3) is 0 Å². The average molecular weight is 300 g/mol. The Labute approximate surface area is 128 Å². The molecule has 1 aliphatic carbocycles. The van der Waals surface area contributed by atoms with Gasteiger partial charge < -0.3 is 4.74 Å². The molecular weight excluding hydrogens is 279 g/mol. The standard InChI is InChI=1S/C18H21O2P/c1-10(19)20-14-9-8-12-15-11(14)6-5-7-13(15)17(21)16(12)18(2,3)4/h5-9,16-17H,21H2,1-4H3. The summed E-state index contributed by atoms with van der Waals surface area (Å²) in [5, 5.41) is 2.30. The summed E-state index contributed by atoms with van der Waals surface area (Å²) in [5.41, 5.74) is 3.28. The van der Waals surface area contributed by atoms with Gasteiger partial charge >= 0.3 is 5.97 Å². The second-order valence-electron chi connectivity index (χ2n) is 6.89. The zero-order chi connectivity index (χ0) is 15.4. The number of benzene rings is 2. The molecular formula is C18H21O2P. The van der Waals surface area contributed by atoms with Crippen molar-refractivity contribution in [2.24, 2.45) is 5.41 Å². The fourth-order valence-corrected chi connectivity index (χ4v) is 4.66. The molecule has 0 heterocycles. The third-order valence-corrected chi connectivity index (χ3v) is 5.05. The van der Waals surface area contributed by atoms with Gasteiger partial charge in [-0.3, -0.25) is 4.79 Å². The predicted molar refractivity (Wildman–Crippen MR) is 89.9 cm³/mol. The van der Waals surface area contributed by atoms with E-state index in [4.69, 9.17) is 4.74 Å². The van der Waals surface area contributed by atoms with E-state index in [1.54, 1.807) is 0 Å². The van der Waals surface area contributed by atoms with Crippen molar-refractivity contribution < 1.29 is 9.53 Å². The molecule has 2 aromatic carbocycles. The number of hydrogen-bond donors (Lipinski definition) is 0. The van der Waals surface area contributed by atoms with Gasteiger partial charge in [0.1, 0.15) is 5.75 Å². The van der Waals surface area contributed by atoms with E-state index in [1.165, 1.54) is 23.4 Å². The third kappa shape index (κ3) is 2.26. The number of hydrogen-bond acceptors (Lipinski definition) is 2. The monoisotopic (exact) mass is 300 g/mol. The first-order valence-corrected chi connectivity index (χ1v) is 7.97. The predicted octanol–water partition coefficient (Wildman–Crippen LogP) is 4.82. The lowest BCUT2D eigenvalue weighted by Crippen LogP contribution is -2.19. The molecule has 3 rings (SSSR count). The Kier molecular flexibility index (Phi) is 3.33. The summed E-state index contributed by atoms with van der Waals surface area (Å²) in [6.07, 6.45) is 0. The van der Waals surface area contributed by atoms with Crippen molar-refractivity contribution in [1.82, 2.24) is 0 Å². The molecule has 2 nitrogen and oxygen atoms in total. The summed E-state index contributed by atoms with van der Waals surface area (Å²) < 4.78 is 5.38. The van der Waals surface area contributed by atoms with Crippen molar-refractivity contribution in [3.63, 3.8) is 0 Å². The molecule has 0 amide bonds. The van der Waals surface area contributed by atoms with E-state index in [0.717, 1.165) is 5.39 Å². The molecule has 0 saturated heterocycles. The molecule has 3 unspecified atom stereocenters. The Morgan fingerprint density at radius 3 is 2.48 bits per heavy atom. The Morgan fingerprint density at radius 1 is 1.14 bits per heavy atom. The van der Waals surface area contributed by atoms with Crippen molar-refractivity contribution in [2.75, 3.05) is 0 Å². The highest BCUT2D eigenvalue weighted by molar-refractivity contribution is 7.17. The van der Waals surface area contributed by atoms with E-state index < -0.39 is 0 Å². The molecule has 0 aliphatic heterocycles. The van der Waals surface area contributed by atoms with E-state index in [2.05, 4.69) is 48.2 Å². The van der Waals surface area contributed by atoms with Crippen LogP contribution in [-0.2, 0) is 4.79 Å². The first-order chi connectivity index (χ1) is 9.80. The van der Waals surface area contributed by atoms with E-state index in [9.17, 15) is 4.79 Å². The van der Waals surface area contributed by atoms with Gasteiger partial charge in [-0.25, -0.2) is 0 Å². The van der Waals surface area contributed by atoms with Gasteiger partial charge in [0.15, 0.2) is 0 Å². The van der Waals surface area contributed by atoms with Crippen molar-refractivity contribution in [1.29, 1.82) is 0 Å². The van der Waals surface area contributed by atoms with Crippen LogP contribution in [0.5, 0.6) is 5.75 Å². The van der Waals surface area contributed by atoms with Crippen LogP contribution in [0, 0.1) is 5.41 Å². The summed E-state index contributed by atoms with van der Waals surface area (Å²) in [5.74, 6) is 0.840. The fourth-order valence-electron chi connectivity index (χ4n) is 3.60. The molecule has 1 aliphatic rings. The van der Waals surface area contributed by atoms with E-state index in [1.807, 2.05) is 12.1 Å². The Hall–Kier alpha value is -1.40. The van der Waals surface area contributed by atoms with Gasteiger partial charge in [0, 0.05) is 18.0 Å². The van der Waals surface area contributed by atoms with Gasteiger partial charge in [0.2, 0.25) is 0 Å². The Balaban J connectivity index is 2.28. The van der Waals surface area contributed by atoms with Gasteiger partial charge in [-0.2, -0.15) is 0 Å². The van der Waals surface area contributed by atoms with Crippen LogP contribution in [0.3, 0.4) is 0 Å². The molecule has 2 aromatic rings. The molecule has 110 valence electrons. The minimum atomic E-state index is -0.275. The molecule has 0 N–H and O–H groups in total. The Bertz CT molecular complexity index is 728. The van der Waals surface area contributed by atoms with Gasteiger partial charge in [0.05, 0.1) is 0 Å². The summed E-state index contributed by atoms with van der Waals surface area (Å²) in [4.78, 5) is 11.3. The summed E-state index contributed by atoms with van der Waals surface area (Å²) in [6.45, 7) is 8.30. The van der Waals surface area contributed by atoms with Crippen LogP contribution in [-0.4, -0.2) is 5.97 Å². The smallest absolute Gasteiger partial charge is 0.308 e. The van der Waals surface area contributed by atoms with Crippen LogP contribution in [0.15, 0.2) is 30.3 Å². The highest BCUT2D eigenvalue weighted by atomic mass is 31.0. The number of carbonyl (C=O) groups is 1. The summed E-state index contributed by atoms with van der Waals surface area (Å²) >= 11 is 0. The van der Waals surface area contributed by atoms with Crippen molar-refractivity contribution in [3.05, 3.63) is 41.5 Å². The maximum Gasteiger partial charge on any atom is 0.308 e. The molecule has 0 saturated carbocycles. The number of rotatable bonds is 1. The largest absolute Gasteiger partial charge is 0.426 e. The zero-order valence-electron chi connectivity index (χ0n) is 12.9. The second kappa shape index (κ2) is 4.81. The topological polar surface area (TPSA) is 26.3 Å². The lowest BCUT2D eigenvalue weighted by molar-refractivity contribution is -0.131. The third-order valence-electron chi connectivity index (χ3n) is 4.31. The van der Waals surface area contributed by atoms with Gasteiger partial charge in [-0.15, -0.1) is 9.24 Å². The maximum atomic E-state index is 11.3. The molecule has 0 fully saturated rings. The summed E-state index contributed by atoms with van der Waals surface area (Å²) in [7, 11) is 3.00. The second-order valence-corrected chi connectivity index (χ2v) is 7.60. The average Bonchev–Trinajstić information content (AvgIpc) is 2.67. The zero-order valence-corrected chi connectivity index (χ0v) is 14.1. The van der Waals surface area contributed by atoms with Crippen molar-refractivity contribution in [3.8, 4) is 5.75 Å².